The first-order valence-electron chi connectivity index (χ1n) is 9.90. The van der Waals surface area contributed by atoms with Crippen LogP contribution in [0.1, 0.15) is 40.5 Å². The Morgan fingerprint density at radius 3 is 2.63 bits per heavy atom. The van der Waals surface area contributed by atoms with Crippen molar-refractivity contribution >= 4 is 5.97 Å². The summed E-state index contributed by atoms with van der Waals surface area (Å²) in [6.07, 6.45) is -0.170. The van der Waals surface area contributed by atoms with E-state index < -0.39 is 33.9 Å². The Morgan fingerprint density at radius 2 is 1.93 bits per heavy atom. The van der Waals surface area contributed by atoms with Crippen molar-refractivity contribution in [2.24, 2.45) is 11.3 Å². The van der Waals surface area contributed by atoms with E-state index in [1.807, 2.05) is 27.7 Å². The number of fused-ring (bicyclic) bond motifs is 4. The smallest absolute Gasteiger partial charge is 0.334 e. The van der Waals surface area contributed by atoms with Gasteiger partial charge < -0.3 is 29.2 Å². The predicted molar refractivity (Wildman–Crippen MR) is 90.7 cm³/mol. The minimum absolute atomic E-state index is 0.00318. The second-order valence-corrected chi connectivity index (χ2v) is 9.84. The average molecular weight is 378 g/mol. The Labute approximate surface area is 157 Å². The molecule has 148 valence electrons. The molecule has 1 saturated carbocycles. The Bertz CT molecular complexity index is 821. The number of ether oxygens (including phenoxy) is 4. The summed E-state index contributed by atoms with van der Waals surface area (Å²) in [6, 6.07) is 0. The van der Waals surface area contributed by atoms with E-state index in [9.17, 15) is 15.0 Å². The molecule has 0 bridgehead atoms. The Hall–Kier alpha value is -0.990. The molecule has 6 rings (SSSR count). The molecule has 0 aromatic heterocycles. The van der Waals surface area contributed by atoms with Gasteiger partial charge in [0.1, 0.15) is 47.3 Å². The Kier molecular flexibility index (Phi) is 2.68. The molecule has 0 aromatic carbocycles. The number of aliphatic hydroxyl groups is 2. The molecule has 0 aromatic rings. The first-order chi connectivity index (χ1) is 12.6. The summed E-state index contributed by atoms with van der Waals surface area (Å²) in [7, 11) is 0. The van der Waals surface area contributed by atoms with Crippen molar-refractivity contribution in [3.63, 3.8) is 0 Å². The second kappa shape index (κ2) is 4.28. The Morgan fingerprint density at radius 1 is 1.19 bits per heavy atom. The molecular formula is C20H26O7. The van der Waals surface area contributed by atoms with Crippen LogP contribution in [0.4, 0.5) is 0 Å². The molecule has 0 amide bonds. The lowest BCUT2D eigenvalue weighted by molar-refractivity contribution is -0.296. The van der Waals surface area contributed by atoms with Crippen LogP contribution < -0.4 is 0 Å². The third kappa shape index (κ3) is 1.38. The summed E-state index contributed by atoms with van der Waals surface area (Å²) in [5.41, 5.74) is -3.36. The lowest BCUT2D eigenvalue weighted by Crippen LogP contribution is -2.79. The molecule has 2 N–H and O–H groups in total. The first kappa shape index (κ1) is 16.9. The fourth-order valence-corrected chi connectivity index (χ4v) is 7.10. The lowest BCUT2D eigenvalue weighted by atomic mass is 9.47. The third-order valence-electron chi connectivity index (χ3n) is 8.88. The minimum Gasteiger partial charge on any atom is -0.458 e. The molecule has 3 saturated heterocycles. The SMILES string of the molecule is CC(C)C12O[C@H]1[C@@H]1O[C@]13C(C)(OC[C@@]1(O)C4=C(CC[C@@]13C)C(=O)OC4)[C@@H]2O. The summed E-state index contributed by atoms with van der Waals surface area (Å²) in [6.45, 7) is 8.09. The van der Waals surface area contributed by atoms with E-state index in [0.717, 1.165) is 0 Å². The zero-order chi connectivity index (χ0) is 19.2. The average Bonchev–Trinajstić information content (AvgIpc) is 3.49. The van der Waals surface area contributed by atoms with Crippen LogP contribution in [-0.4, -0.2) is 70.1 Å². The zero-order valence-corrected chi connectivity index (χ0v) is 16.1. The van der Waals surface area contributed by atoms with E-state index in [4.69, 9.17) is 18.9 Å². The largest absolute Gasteiger partial charge is 0.458 e. The van der Waals surface area contributed by atoms with Crippen LogP contribution in [0.3, 0.4) is 0 Å². The number of cyclic esters (lactones) is 1. The highest BCUT2D eigenvalue weighted by Gasteiger charge is 2.95. The molecule has 4 fully saturated rings. The summed E-state index contributed by atoms with van der Waals surface area (Å²) >= 11 is 0. The quantitative estimate of drug-likeness (QED) is 0.505. The summed E-state index contributed by atoms with van der Waals surface area (Å²) in [4.78, 5) is 12.1. The standard InChI is InChI=1S/C20H26O7/c1-9(2)19-12(26-19)13-20(27-13)16(3)6-5-10-11(7-24-14(10)21)18(16,23)8-25-17(20,4)15(19)22/h9,12-13,15,22-23H,5-8H2,1-4H3/t12-,13-,15-,16-,17?,18+,19?,20+/m0/s1. The van der Waals surface area contributed by atoms with Gasteiger partial charge in [-0.25, -0.2) is 4.79 Å². The summed E-state index contributed by atoms with van der Waals surface area (Å²) in [5.74, 6) is -0.220. The monoisotopic (exact) mass is 378 g/mol. The van der Waals surface area contributed by atoms with Gasteiger partial charge in [-0.3, -0.25) is 0 Å². The maximum atomic E-state index is 12.1. The van der Waals surface area contributed by atoms with Crippen molar-refractivity contribution in [1.29, 1.82) is 0 Å². The molecule has 4 heterocycles. The number of rotatable bonds is 1. The van der Waals surface area contributed by atoms with Gasteiger partial charge in [-0.15, -0.1) is 0 Å². The normalized spacial score (nSPS) is 60.1. The predicted octanol–water partition coefficient (Wildman–Crippen LogP) is 0.466. The van der Waals surface area contributed by atoms with E-state index in [1.54, 1.807) is 0 Å². The van der Waals surface area contributed by atoms with Crippen LogP contribution in [-0.2, 0) is 23.7 Å². The number of hydrogen-bond donors (Lipinski definition) is 2. The first-order valence-corrected chi connectivity index (χ1v) is 9.90. The zero-order valence-electron chi connectivity index (χ0n) is 16.1. The van der Waals surface area contributed by atoms with Gasteiger partial charge in [-0.2, -0.15) is 0 Å². The van der Waals surface area contributed by atoms with Crippen molar-refractivity contribution in [1.82, 2.24) is 0 Å². The van der Waals surface area contributed by atoms with Crippen molar-refractivity contribution in [3.05, 3.63) is 11.1 Å². The van der Waals surface area contributed by atoms with Crippen LogP contribution in [0.2, 0.25) is 0 Å². The third-order valence-corrected chi connectivity index (χ3v) is 8.88. The highest BCUT2D eigenvalue weighted by Crippen LogP contribution is 2.77. The number of carbonyl (C=O) groups is 1. The Balaban J connectivity index is 1.51. The fraction of sp³-hybridized carbons (Fsp3) is 0.850. The highest BCUT2D eigenvalue weighted by atomic mass is 16.7. The van der Waals surface area contributed by atoms with E-state index in [0.29, 0.717) is 24.0 Å². The highest BCUT2D eigenvalue weighted by molar-refractivity contribution is 5.92. The van der Waals surface area contributed by atoms with E-state index >= 15 is 0 Å². The maximum absolute atomic E-state index is 12.1. The van der Waals surface area contributed by atoms with Gasteiger partial charge in [0.2, 0.25) is 0 Å². The van der Waals surface area contributed by atoms with Crippen LogP contribution in [0.25, 0.3) is 0 Å². The summed E-state index contributed by atoms with van der Waals surface area (Å²) < 4.78 is 23.9. The van der Waals surface area contributed by atoms with Crippen molar-refractivity contribution in [2.75, 3.05) is 13.2 Å². The van der Waals surface area contributed by atoms with Gasteiger partial charge in [-0.05, 0) is 25.7 Å². The number of hydrogen-bond acceptors (Lipinski definition) is 7. The van der Waals surface area contributed by atoms with Crippen LogP contribution in [0, 0.1) is 11.3 Å². The number of aliphatic hydroxyl groups excluding tert-OH is 1. The lowest BCUT2D eigenvalue weighted by Gasteiger charge is -2.62. The number of epoxide rings is 2. The molecular weight excluding hydrogens is 352 g/mol. The molecule has 6 aliphatic rings. The molecule has 27 heavy (non-hydrogen) atoms. The molecule has 0 radical (unpaired) electrons. The molecule has 2 aliphatic carbocycles. The van der Waals surface area contributed by atoms with Crippen LogP contribution in [0.15, 0.2) is 11.1 Å². The van der Waals surface area contributed by atoms with Crippen LogP contribution in [0.5, 0.6) is 0 Å². The molecule has 7 heteroatoms. The molecule has 7 nitrogen and oxygen atoms in total. The fourth-order valence-electron chi connectivity index (χ4n) is 7.10. The van der Waals surface area contributed by atoms with Crippen molar-refractivity contribution in [2.45, 2.75) is 81.3 Å². The van der Waals surface area contributed by atoms with Crippen molar-refractivity contribution in [3.8, 4) is 0 Å². The van der Waals surface area contributed by atoms with E-state index in [-0.39, 0.29) is 37.3 Å². The van der Waals surface area contributed by atoms with Gasteiger partial charge in [0.15, 0.2) is 0 Å². The molecule has 8 atom stereocenters. The number of esters is 1. The van der Waals surface area contributed by atoms with Gasteiger partial charge >= 0.3 is 5.97 Å². The summed E-state index contributed by atoms with van der Waals surface area (Å²) in [5, 5.41) is 23.2. The van der Waals surface area contributed by atoms with Crippen molar-refractivity contribution < 1.29 is 34.0 Å². The number of carbonyl (C=O) groups excluding carboxylic acids is 1. The van der Waals surface area contributed by atoms with Gasteiger partial charge in [0, 0.05) is 16.6 Å². The maximum Gasteiger partial charge on any atom is 0.334 e. The van der Waals surface area contributed by atoms with Crippen LogP contribution >= 0.6 is 0 Å². The molecule has 1 spiro atoms. The van der Waals surface area contributed by atoms with Gasteiger partial charge in [0.05, 0.1) is 6.61 Å². The van der Waals surface area contributed by atoms with E-state index in [1.165, 1.54) is 0 Å². The minimum atomic E-state index is -1.35. The van der Waals surface area contributed by atoms with Gasteiger partial charge in [0.25, 0.3) is 0 Å². The van der Waals surface area contributed by atoms with E-state index in [2.05, 4.69) is 0 Å². The molecule has 2 unspecified atom stereocenters. The molecule has 4 aliphatic heterocycles. The topological polar surface area (TPSA) is 101 Å². The van der Waals surface area contributed by atoms with Gasteiger partial charge in [-0.1, -0.05) is 20.8 Å². The second-order valence-electron chi connectivity index (χ2n) is 9.84.